The second-order valence-corrected chi connectivity index (χ2v) is 7.52. The maximum atomic E-state index is 11.7. The maximum absolute atomic E-state index is 11.7. The first-order chi connectivity index (χ1) is 9.58. The predicted molar refractivity (Wildman–Crippen MR) is 93.1 cm³/mol. The number of ether oxygens (including phenoxy) is 3. The van der Waals surface area contributed by atoms with E-state index >= 15 is 0 Å². The van der Waals surface area contributed by atoms with Gasteiger partial charge in [-0.2, -0.15) is 0 Å². The molecule has 5 nitrogen and oxygen atoms in total. The highest BCUT2D eigenvalue weighted by atomic mass is 127. The van der Waals surface area contributed by atoms with E-state index in [-0.39, 0.29) is 0 Å². The third-order valence-electron chi connectivity index (χ3n) is 2.42. The predicted octanol–water partition coefficient (Wildman–Crippen LogP) is 3.39. The Morgan fingerprint density at radius 3 is 2.29 bits per heavy atom. The van der Waals surface area contributed by atoms with Gasteiger partial charge in [0.1, 0.15) is 5.60 Å². The quantitative estimate of drug-likeness (QED) is 0.356. The number of amides is 1. The van der Waals surface area contributed by atoms with Crippen LogP contribution >= 0.6 is 22.6 Å². The van der Waals surface area contributed by atoms with Gasteiger partial charge in [-0.25, -0.2) is 4.79 Å². The lowest BCUT2D eigenvalue weighted by atomic mass is 10.1. The van der Waals surface area contributed by atoms with Crippen LogP contribution in [-0.4, -0.2) is 48.1 Å². The van der Waals surface area contributed by atoms with E-state index in [4.69, 9.17) is 14.2 Å². The van der Waals surface area contributed by atoms with E-state index < -0.39 is 17.3 Å². The van der Waals surface area contributed by atoms with Gasteiger partial charge in [0, 0.05) is 11.0 Å². The van der Waals surface area contributed by atoms with E-state index in [1.807, 2.05) is 27.7 Å². The van der Waals surface area contributed by atoms with Gasteiger partial charge in [-0.3, -0.25) is 0 Å². The molecule has 0 aromatic carbocycles. The Balaban J connectivity index is 4.02. The van der Waals surface area contributed by atoms with Crippen molar-refractivity contribution in [1.82, 2.24) is 5.32 Å². The molecule has 0 bridgehead atoms. The maximum Gasteiger partial charge on any atom is 0.407 e. The van der Waals surface area contributed by atoms with Gasteiger partial charge >= 0.3 is 6.09 Å². The van der Waals surface area contributed by atoms with Crippen LogP contribution in [0.25, 0.3) is 0 Å². The normalized spacial score (nSPS) is 14.9. The van der Waals surface area contributed by atoms with E-state index in [1.54, 1.807) is 0 Å². The Morgan fingerprint density at radius 1 is 1.19 bits per heavy atom. The summed E-state index contributed by atoms with van der Waals surface area (Å²) in [5.74, 6) is 0.523. The lowest BCUT2D eigenvalue weighted by Crippen LogP contribution is -2.46. The van der Waals surface area contributed by atoms with Crippen LogP contribution in [0, 0.1) is 5.92 Å². The lowest BCUT2D eigenvalue weighted by Gasteiger charge is -2.29. The molecule has 0 rings (SSSR count). The van der Waals surface area contributed by atoms with Crippen molar-refractivity contribution >= 4 is 28.7 Å². The fraction of sp³-hybridized carbons (Fsp3) is 0.933. The van der Waals surface area contributed by atoms with E-state index in [9.17, 15) is 4.79 Å². The highest BCUT2D eigenvalue weighted by Gasteiger charge is 2.26. The molecule has 0 spiro atoms. The molecule has 0 radical (unpaired) electrons. The molecule has 0 aliphatic carbocycles. The molecule has 6 heteroatoms. The van der Waals surface area contributed by atoms with Crippen molar-refractivity contribution in [2.45, 2.75) is 52.7 Å². The minimum Gasteiger partial charge on any atom is -0.444 e. The van der Waals surface area contributed by atoms with Gasteiger partial charge in [0.2, 0.25) is 0 Å². The van der Waals surface area contributed by atoms with Gasteiger partial charge in [-0.1, -0.05) is 36.4 Å². The molecule has 1 atom stereocenters. The third-order valence-corrected chi connectivity index (χ3v) is 4.03. The molecule has 0 aromatic rings. The molecule has 0 aliphatic heterocycles. The summed E-state index contributed by atoms with van der Waals surface area (Å²) in [4.78, 5) is 11.7. The summed E-state index contributed by atoms with van der Waals surface area (Å²) in [5.41, 5.74) is -0.908. The number of carbonyl (C=O) groups excluding carboxylic acids is 1. The van der Waals surface area contributed by atoms with Crippen LogP contribution in [0.1, 0.15) is 41.5 Å². The minimum absolute atomic E-state index is 0.412. The molecular weight excluding hydrogens is 385 g/mol. The monoisotopic (exact) mass is 415 g/mol. The molecule has 0 fully saturated rings. The number of rotatable bonds is 9. The molecule has 0 saturated carbocycles. The van der Waals surface area contributed by atoms with Gasteiger partial charge in [0.05, 0.1) is 25.4 Å². The van der Waals surface area contributed by atoms with Crippen molar-refractivity contribution in [3.8, 4) is 0 Å². The van der Waals surface area contributed by atoms with Gasteiger partial charge in [-0.15, -0.1) is 0 Å². The number of nitrogens with one attached hydrogen (secondary N) is 1. The zero-order valence-corrected chi connectivity index (χ0v) is 16.3. The largest absolute Gasteiger partial charge is 0.444 e. The Bertz CT molecular complexity index is 305. The average molecular weight is 415 g/mol. The Kier molecular flexibility index (Phi) is 9.80. The summed E-state index contributed by atoms with van der Waals surface area (Å²) < 4.78 is 17.3. The number of hydrogen-bond donors (Lipinski definition) is 1. The summed E-state index contributed by atoms with van der Waals surface area (Å²) in [6.45, 7) is 13.9. The van der Waals surface area contributed by atoms with Crippen molar-refractivity contribution in [1.29, 1.82) is 0 Å². The molecule has 1 amide bonds. The highest BCUT2D eigenvalue weighted by Crippen LogP contribution is 2.14. The van der Waals surface area contributed by atoms with Crippen LogP contribution in [0.15, 0.2) is 0 Å². The molecule has 0 saturated heterocycles. The first-order valence-corrected chi connectivity index (χ1v) is 8.85. The van der Waals surface area contributed by atoms with Crippen LogP contribution in [0.2, 0.25) is 0 Å². The Hall–Kier alpha value is -0.0800. The first-order valence-electron chi connectivity index (χ1n) is 7.32. The van der Waals surface area contributed by atoms with Crippen molar-refractivity contribution < 1.29 is 19.0 Å². The highest BCUT2D eigenvalue weighted by molar-refractivity contribution is 14.1. The first kappa shape index (κ1) is 20.9. The molecule has 0 heterocycles. The third kappa shape index (κ3) is 12.2. The Morgan fingerprint density at radius 2 is 1.81 bits per heavy atom. The SMILES string of the molecule is CC(C)COCCOC(C)(CI)CNC(=O)OC(C)(C)C. The van der Waals surface area contributed by atoms with E-state index in [2.05, 4.69) is 41.8 Å². The van der Waals surface area contributed by atoms with E-state index in [0.717, 1.165) is 11.0 Å². The van der Waals surface area contributed by atoms with Crippen molar-refractivity contribution in [2.24, 2.45) is 5.92 Å². The Labute approximate surface area is 142 Å². The number of alkyl carbamates (subject to hydrolysis) is 1. The fourth-order valence-electron chi connectivity index (χ4n) is 1.38. The molecule has 1 N–H and O–H groups in total. The molecule has 0 aliphatic rings. The van der Waals surface area contributed by atoms with Crippen molar-refractivity contribution in [3.05, 3.63) is 0 Å². The summed E-state index contributed by atoms with van der Waals surface area (Å²) >= 11 is 2.26. The number of hydrogen-bond acceptors (Lipinski definition) is 4. The van der Waals surface area contributed by atoms with Gasteiger partial charge in [-0.05, 0) is 33.6 Å². The fourth-order valence-corrected chi connectivity index (χ4v) is 1.87. The summed E-state index contributed by atoms with van der Waals surface area (Å²) in [7, 11) is 0. The topological polar surface area (TPSA) is 56.8 Å². The van der Waals surface area contributed by atoms with E-state index in [0.29, 0.717) is 25.7 Å². The van der Waals surface area contributed by atoms with Crippen LogP contribution in [0.5, 0.6) is 0 Å². The molecular formula is C15H30INO4. The van der Waals surface area contributed by atoms with Gasteiger partial charge in [0.15, 0.2) is 0 Å². The number of alkyl halides is 1. The van der Waals surface area contributed by atoms with Crippen LogP contribution in [0.3, 0.4) is 0 Å². The van der Waals surface area contributed by atoms with Crippen LogP contribution in [-0.2, 0) is 14.2 Å². The standard InChI is InChI=1S/C15H30INO4/c1-12(2)9-19-7-8-20-15(6,10-16)11-17-13(18)21-14(3,4)5/h12H,7-11H2,1-6H3,(H,17,18). The van der Waals surface area contributed by atoms with Crippen molar-refractivity contribution in [3.63, 3.8) is 0 Å². The summed E-state index contributed by atoms with van der Waals surface area (Å²) in [5, 5.41) is 2.76. The zero-order chi connectivity index (χ0) is 16.5. The second-order valence-electron chi connectivity index (χ2n) is 6.76. The minimum atomic E-state index is -0.490. The molecule has 126 valence electrons. The molecule has 0 aromatic heterocycles. The smallest absolute Gasteiger partial charge is 0.407 e. The number of halogens is 1. The average Bonchev–Trinajstić information content (AvgIpc) is 2.33. The molecule has 1 unspecified atom stereocenters. The second kappa shape index (κ2) is 9.84. The number of carbonyl (C=O) groups is 1. The summed E-state index contributed by atoms with van der Waals surface area (Å²) in [6.07, 6.45) is -0.418. The van der Waals surface area contributed by atoms with Crippen molar-refractivity contribution in [2.75, 3.05) is 30.8 Å². The van der Waals surface area contributed by atoms with Gasteiger partial charge < -0.3 is 19.5 Å². The molecule has 21 heavy (non-hydrogen) atoms. The lowest BCUT2D eigenvalue weighted by molar-refractivity contribution is -0.0438. The zero-order valence-electron chi connectivity index (χ0n) is 14.1. The van der Waals surface area contributed by atoms with Crippen LogP contribution in [0.4, 0.5) is 4.79 Å². The van der Waals surface area contributed by atoms with Gasteiger partial charge in [0.25, 0.3) is 0 Å². The van der Waals surface area contributed by atoms with Crippen LogP contribution < -0.4 is 5.32 Å². The van der Waals surface area contributed by atoms with E-state index in [1.165, 1.54) is 0 Å². The summed E-state index contributed by atoms with van der Waals surface area (Å²) in [6, 6.07) is 0.